The second-order valence-electron chi connectivity index (χ2n) is 12.4. The normalized spacial score (nSPS) is 17.0. The zero-order valence-electron chi connectivity index (χ0n) is 26.4. The number of halogens is 3. The number of hydrogen-bond donors (Lipinski definition) is 2. The van der Waals surface area contributed by atoms with Crippen LogP contribution in [0.25, 0.3) is 22.0 Å². The Bertz CT molecular complexity index is 1840. The van der Waals surface area contributed by atoms with Gasteiger partial charge in [0.05, 0.1) is 5.52 Å². The number of hydrogen-bond acceptors (Lipinski definition) is 8. The molecular weight excluding hydrogens is 601 g/mol. The van der Waals surface area contributed by atoms with Gasteiger partial charge in [-0.2, -0.15) is 18.3 Å². The smallest absolute Gasteiger partial charge is 0.329 e. The van der Waals surface area contributed by atoms with Crippen LogP contribution in [0.15, 0.2) is 36.7 Å². The number of pyridine rings is 1. The molecule has 0 radical (unpaired) electrons. The van der Waals surface area contributed by atoms with E-state index < -0.39 is 35.3 Å². The summed E-state index contributed by atoms with van der Waals surface area (Å²) in [6, 6.07) is 4.74. The molecule has 1 aliphatic heterocycles. The Hall–Kier alpha value is -4.72. The number of nitrogens with zero attached hydrogens (tertiary/aromatic N) is 6. The van der Waals surface area contributed by atoms with Crippen LogP contribution in [0.2, 0.25) is 0 Å². The van der Waals surface area contributed by atoms with Crippen molar-refractivity contribution in [2.75, 3.05) is 11.9 Å². The molecule has 2 atom stereocenters. The number of aromatic nitrogens is 5. The quantitative estimate of drug-likeness (QED) is 0.279. The van der Waals surface area contributed by atoms with E-state index >= 15 is 0 Å². The molecule has 0 aliphatic carbocycles. The summed E-state index contributed by atoms with van der Waals surface area (Å²) in [6.07, 6.45) is -1.13. The molecule has 3 aromatic heterocycles. The summed E-state index contributed by atoms with van der Waals surface area (Å²) in [6.45, 7) is 9.98. The van der Waals surface area contributed by atoms with Crippen molar-refractivity contribution in [2.45, 2.75) is 72.3 Å². The minimum atomic E-state index is -4.70. The fraction of sp³-hybridized carbons (Fsp3) is 0.406. The maximum Gasteiger partial charge on any atom is 0.433 e. The number of alkyl halides is 3. The van der Waals surface area contributed by atoms with Gasteiger partial charge in [-0.3, -0.25) is 19.1 Å². The van der Waals surface area contributed by atoms with E-state index in [1.165, 1.54) is 29.5 Å². The number of likely N-dealkylation sites (tertiary alicyclic amines) is 1. The van der Waals surface area contributed by atoms with Crippen molar-refractivity contribution >= 4 is 34.3 Å². The number of benzene rings is 1. The number of nitrogens with two attached hydrogens (primary N) is 1. The second-order valence-corrected chi connectivity index (χ2v) is 12.4. The Morgan fingerprint density at radius 3 is 2.30 bits per heavy atom. The SMILES string of the molecule is CC(=O)c1nn(CC(=O)N2C[C@@H](C(C)(C)N)C[C@H]2C(=O)Nc2nc(C(F)(F)F)ccc2C)c2c(C)cc(-c3cnc(C)nc3)cc12. The average Bonchev–Trinajstić information content (AvgIpc) is 3.57. The van der Waals surface area contributed by atoms with Crippen molar-refractivity contribution in [2.24, 2.45) is 11.7 Å². The summed E-state index contributed by atoms with van der Waals surface area (Å²) < 4.78 is 41.4. The van der Waals surface area contributed by atoms with Crippen molar-refractivity contribution < 1.29 is 27.6 Å². The number of carbonyl (C=O) groups is 3. The van der Waals surface area contributed by atoms with Crippen molar-refractivity contribution in [1.29, 1.82) is 0 Å². The number of anilines is 1. The molecule has 1 fully saturated rings. The fourth-order valence-electron chi connectivity index (χ4n) is 5.74. The van der Waals surface area contributed by atoms with E-state index in [1.54, 1.807) is 33.2 Å². The van der Waals surface area contributed by atoms with Crippen molar-refractivity contribution in [3.05, 3.63) is 65.0 Å². The number of nitrogens with one attached hydrogen (secondary N) is 1. The number of rotatable bonds is 7. The first-order valence-corrected chi connectivity index (χ1v) is 14.7. The molecule has 0 unspecified atom stereocenters. The van der Waals surface area contributed by atoms with Crippen LogP contribution in [0.5, 0.6) is 0 Å². The standard InChI is InChI=1S/C32H35F3N8O3/c1-16-7-8-25(32(33,34)35)39-29(16)40-30(46)24-11-22(31(5,6)36)14-42(24)26(45)15-43-28-17(2)9-20(21-12-37-19(4)38-13-21)10-23(28)27(41-43)18(3)44/h7-10,12-13,22,24H,11,14-15,36H2,1-6H3,(H,39,40,46)/t22-,24-/m0/s1. The summed E-state index contributed by atoms with van der Waals surface area (Å²) in [4.78, 5) is 53.7. The van der Waals surface area contributed by atoms with E-state index in [0.717, 1.165) is 22.8 Å². The van der Waals surface area contributed by atoms with Crippen LogP contribution in [-0.2, 0) is 22.3 Å². The predicted molar refractivity (Wildman–Crippen MR) is 165 cm³/mol. The van der Waals surface area contributed by atoms with Gasteiger partial charge in [-0.05, 0) is 81.8 Å². The molecule has 0 bridgehead atoms. The Morgan fingerprint density at radius 2 is 1.70 bits per heavy atom. The summed E-state index contributed by atoms with van der Waals surface area (Å²) in [7, 11) is 0. The van der Waals surface area contributed by atoms with E-state index in [1.807, 2.05) is 19.1 Å². The molecule has 46 heavy (non-hydrogen) atoms. The van der Waals surface area contributed by atoms with Crippen LogP contribution in [0.1, 0.15) is 60.3 Å². The fourth-order valence-corrected chi connectivity index (χ4v) is 5.74. The molecule has 1 aliphatic rings. The highest BCUT2D eigenvalue weighted by molar-refractivity contribution is 6.07. The molecule has 0 spiro atoms. The highest BCUT2D eigenvalue weighted by atomic mass is 19.4. The Kier molecular flexibility index (Phi) is 8.45. The van der Waals surface area contributed by atoms with Gasteiger partial charge in [-0.1, -0.05) is 6.07 Å². The van der Waals surface area contributed by atoms with E-state index in [-0.39, 0.29) is 42.7 Å². The van der Waals surface area contributed by atoms with E-state index in [4.69, 9.17) is 5.73 Å². The first-order valence-electron chi connectivity index (χ1n) is 14.7. The molecule has 1 saturated heterocycles. The van der Waals surface area contributed by atoms with Gasteiger partial charge in [-0.15, -0.1) is 0 Å². The molecule has 0 saturated carbocycles. The summed E-state index contributed by atoms with van der Waals surface area (Å²) >= 11 is 0. The van der Waals surface area contributed by atoms with Gasteiger partial charge in [0.25, 0.3) is 0 Å². The lowest BCUT2D eigenvalue weighted by Crippen LogP contribution is -2.45. The van der Waals surface area contributed by atoms with Crippen LogP contribution >= 0.6 is 0 Å². The third kappa shape index (κ3) is 6.48. The zero-order valence-corrected chi connectivity index (χ0v) is 26.4. The third-order valence-corrected chi connectivity index (χ3v) is 8.37. The number of ketones is 1. The molecule has 14 heteroatoms. The monoisotopic (exact) mass is 636 g/mol. The van der Waals surface area contributed by atoms with E-state index in [0.29, 0.717) is 22.3 Å². The van der Waals surface area contributed by atoms with Gasteiger partial charge in [0, 0.05) is 42.4 Å². The molecule has 5 rings (SSSR count). The van der Waals surface area contributed by atoms with Gasteiger partial charge in [0.2, 0.25) is 11.8 Å². The number of amides is 2. The van der Waals surface area contributed by atoms with Gasteiger partial charge in [-0.25, -0.2) is 15.0 Å². The molecule has 4 aromatic rings. The Balaban J connectivity index is 1.48. The van der Waals surface area contributed by atoms with Crippen LogP contribution in [0.3, 0.4) is 0 Å². The summed E-state index contributed by atoms with van der Waals surface area (Å²) in [5.41, 5.74) is 7.87. The number of Topliss-reactive ketones (excluding diaryl/α,β-unsaturated/α-hetero) is 1. The summed E-state index contributed by atoms with van der Waals surface area (Å²) in [5.74, 6) is -1.34. The first kappa shape index (κ1) is 32.7. The first-order chi connectivity index (χ1) is 21.4. The average molecular weight is 637 g/mol. The van der Waals surface area contributed by atoms with Crippen LogP contribution in [0, 0.1) is 26.7 Å². The van der Waals surface area contributed by atoms with Crippen LogP contribution < -0.4 is 11.1 Å². The van der Waals surface area contributed by atoms with E-state index in [9.17, 15) is 27.6 Å². The van der Waals surface area contributed by atoms with Crippen LogP contribution in [-0.4, -0.2) is 65.4 Å². The van der Waals surface area contributed by atoms with Gasteiger partial charge < -0.3 is 16.0 Å². The van der Waals surface area contributed by atoms with Gasteiger partial charge in [0.1, 0.15) is 35.6 Å². The third-order valence-electron chi connectivity index (χ3n) is 8.37. The highest BCUT2D eigenvalue weighted by Gasteiger charge is 2.44. The maximum atomic E-state index is 13.9. The molecule has 4 heterocycles. The topological polar surface area (TPSA) is 149 Å². The maximum absolute atomic E-state index is 13.9. The van der Waals surface area contributed by atoms with Crippen molar-refractivity contribution in [3.63, 3.8) is 0 Å². The highest BCUT2D eigenvalue weighted by Crippen LogP contribution is 2.34. The Labute approximate surface area is 263 Å². The van der Waals surface area contributed by atoms with E-state index in [2.05, 4.69) is 25.4 Å². The zero-order chi connectivity index (χ0) is 33.7. The molecule has 11 nitrogen and oxygen atoms in total. The second kappa shape index (κ2) is 11.9. The molecule has 242 valence electrons. The predicted octanol–water partition coefficient (Wildman–Crippen LogP) is 4.63. The molecule has 2 amide bonds. The Morgan fingerprint density at radius 1 is 1.02 bits per heavy atom. The molecule has 3 N–H and O–H groups in total. The number of fused-ring (bicyclic) bond motifs is 1. The largest absolute Gasteiger partial charge is 0.433 e. The van der Waals surface area contributed by atoms with Gasteiger partial charge in [0.15, 0.2) is 5.78 Å². The minimum Gasteiger partial charge on any atom is -0.329 e. The molecular formula is C32H35F3N8O3. The van der Waals surface area contributed by atoms with Gasteiger partial charge >= 0.3 is 6.18 Å². The summed E-state index contributed by atoms with van der Waals surface area (Å²) in [5, 5.41) is 7.57. The minimum absolute atomic E-state index is 0.144. The lowest BCUT2D eigenvalue weighted by atomic mass is 9.86. The lowest BCUT2D eigenvalue weighted by Gasteiger charge is -2.27. The number of aryl methyl sites for hydroxylation is 3. The van der Waals surface area contributed by atoms with Crippen molar-refractivity contribution in [1.82, 2.24) is 29.6 Å². The van der Waals surface area contributed by atoms with Crippen LogP contribution in [0.4, 0.5) is 19.0 Å². The lowest BCUT2D eigenvalue weighted by molar-refractivity contribution is -0.141. The number of carbonyl (C=O) groups excluding carboxylic acids is 3. The van der Waals surface area contributed by atoms with Crippen molar-refractivity contribution in [3.8, 4) is 11.1 Å². The molecule has 1 aromatic carbocycles.